The summed E-state index contributed by atoms with van der Waals surface area (Å²) in [6, 6.07) is 0.437. The van der Waals surface area contributed by atoms with Gasteiger partial charge in [0, 0.05) is 25.7 Å². The molecule has 0 aromatic heterocycles. The maximum atomic E-state index is 12.4. The van der Waals surface area contributed by atoms with Gasteiger partial charge in [0.2, 0.25) is 0 Å². The summed E-state index contributed by atoms with van der Waals surface area (Å²) < 4.78 is 0. The summed E-state index contributed by atoms with van der Waals surface area (Å²) >= 11 is 0. The van der Waals surface area contributed by atoms with Gasteiger partial charge in [-0.15, -0.1) is 0 Å². The van der Waals surface area contributed by atoms with Crippen molar-refractivity contribution >= 4 is 6.03 Å². The molecule has 0 aromatic carbocycles. The standard InChI is InChI=1S/C16H28N2O2/c19-9-8-12-6-3-7-15(12)17-16(20)18-10-13-4-1-2-5-14(13)11-18/h12-15,19H,1-11H2,(H,17,20). The van der Waals surface area contributed by atoms with Crippen LogP contribution in [0.1, 0.15) is 51.4 Å². The molecule has 2 aliphatic carbocycles. The first-order chi connectivity index (χ1) is 9.78. The summed E-state index contributed by atoms with van der Waals surface area (Å²) in [6.45, 7) is 2.17. The van der Waals surface area contributed by atoms with E-state index in [1.807, 2.05) is 0 Å². The second-order valence-electron chi connectivity index (χ2n) is 6.97. The predicted molar refractivity (Wildman–Crippen MR) is 78.4 cm³/mol. The van der Waals surface area contributed by atoms with Gasteiger partial charge in [0.15, 0.2) is 0 Å². The predicted octanol–water partition coefficient (Wildman–Crippen LogP) is 2.37. The van der Waals surface area contributed by atoms with E-state index in [0.717, 1.165) is 44.2 Å². The Bertz CT molecular complexity index is 333. The quantitative estimate of drug-likeness (QED) is 0.834. The van der Waals surface area contributed by atoms with Crippen molar-refractivity contribution in [2.24, 2.45) is 17.8 Å². The molecule has 3 fully saturated rings. The second-order valence-corrected chi connectivity index (χ2v) is 6.97. The van der Waals surface area contributed by atoms with Crippen LogP contribution in [0.2, 0.25) is 0 Å². The number of nitrogens with zero attached hydrogens (tertiary/aromatic N) is 1. The van der Waals surface area contributed by atoms with Crippen LogP contribution in [0.5, 0.6) is 0 Å². The number of fused-ring (bicyclic) bond motifs is 1. The van der Waals surface area contributed by atoms with Crippen molar-refractivity contribution in [3.05, 3.63) is 0 Å². The molecule has 1 aliphatic heterocycles. The molecule has 0 aromatic rings. The van der Waals surface area contributed by atoms with Crippen LogP contribution in [0, 0.1) is 17.8 Å². The molecule has 114 valence electrons. The molecule has 0 bridgehead atoms. The molecule has 2 amide bonds. The van der Waals surface area contributed by atoms with E-state index in [-0.39, 0.29) is 18.7 Å². The normalized spacial score (nSPS) is 37.0. The summed E-state index contributed by atoms with van der Waals surface area (Å²) in [5, 5.41) is 12.3. The minimum absolute atomic E-state index is 0.147. The number of carbonyl (C=O) groups is 1. The highest BCUT2D eigenvalue weighted by atomic mass is 16.3. The number of amides is 2. The van der Waals surface area contributed by atoms with Crippen molar-refractivity contribution in [1.29, 1.82) is 0 Å². The Morgan fingerprint density at radius 1 is 1.05 bits per heavy atom. The second kappa shape index (κ2) is 6.33. The first-order valence-electron chi connectivity index (χ1n) is 8.44. The van der Waals surface area contributed by atoms with Gasteiger partial charge in [0.1, 0.15) is 0 Å². The zero-order chi connectivity index (χ0) is 13.9. The Morgan fingerprint density at radius 2 is 1.75 bits per heavy atom. The molecule has 3 aliphatic rings. The number of nitrogens with one attached hydrogen (secondary N) is 1. The highest BCUT2D eigenvalue weighted by molar-refractivity contribution is 5.75. The van der Waals surface area contributed by atoms with Crippen LogP contribution in [0.3, 0.4) is 0 Å². The average Bonchev–Trinajstić information content (AvgIpc) is 3.06. The fraction of sp³-hybridized carbons (Fsp3) is 0.938. The Morgan fingerprint density at radius 3 is 2.40 bits per heavy atom. The smallest absolute Gasteiger partial charge is 0.317 e. The molecule has 3 rings (SSSR count). The first kappa shape index (κ1) is 14.2. The van der Waals surface area contributed by atoms with Gasteiger partial charge in [0.25, 0.3) is 0 Å². The molecule has 1 saturated heterocycles. The molecule has 4 atom stereocenters. The van der Waals surface area contributed by atoms with Gasteiger partial charge in [-0.1, -0.05) is 19.3 Å². The molecule has 4 unspecified atom stereocenters. The van der Waals surface area contributed by atoms with Crippen LogP contribution in [-0.2, 0) is 0 Å². The van der Waals surface area contributed by atoms with E-state index in [2.05, 4.69) is 10.2 Å². The summed E-state index contributed by atoms with van der Waals surface area (Å²) in [6.07, 6.45) is 9.55. The molecule has 0 spiro atoms. The number of aliphatic hydroxyl groups is 1. The summed E-state index contributed by atoms with van der Waals surface area (Å²) in [5.74, 6) is 1.99. The molecule has 2 N–H and O–H groups in total. The molecule has 0 radical (unpaired) electrons. The Hall–Kier alpha value is -0.770. The Labute approximate surface area is 121 Å². The topological polar surface area (TPSA) is 52.6 Å². The zero-order valence-corrected chi connectivity index (χ0v) is 12.4. The fourth-order valence-electron chi connectivity index (χ4n) is 4.56. The minimum Gasteiger partial charge on any atom is -0.396 e. The monoisotopic (exact) mass is 280 g/mol. The first-order valence-corrected chi connectivity index (χ1v) is 8.44. The van der Waals surface area contributed by atoms with Crippen molar-refractivity contribution in [2.45, 2.75) is 57.4 Å². The fourth-order valence-corrected chi connectivity index (χ4v) is 4.56. The van der Waals surface area contributed by atoms with E-state index in [9.17, 15) is 4.79 Å². The number of aliphatic hydroxyl groups excluding tert-OH is 1. The van der Waals surface area contributed by atoms with Crippen LogP contribution in [0.15, 0.2) is 0 Å². The van der Waals surface area contributed by atoms with Gasteiger partial charge >= 0.3 is 6.03 Å². The van der Waals surface area contributed by atoms with Crippen LogP contribution >= 0.6 is 0 Å². The van der Waals surface area contributed by atoms with Gasteiger partial charge in [-0.05, 0) is 49.9 Å². The van der Waals surface area contributed by atoms with Crippen molar-refractivity contribution in [3.8, 4) is 0 Å². The third-order valence-corrected chi connectivity index (χ3v) is 5.73. The van der Waals surface area contributed by atoms with Gasteiger partial charge < -0.3 is 15.3 Å². The largest absolute Gasteiger partial charge is 0.396 e. The lowest BCUT2D eigenvalue weighted by atomic mass is 9.82. The number of rotatable bonds is 3. The number of hydrogen-bond donors (Lipinski definition) is 2. The molecule has 2 saturated carbocycles. The molecule has 4 heteroatoms. The molecular weight excluding hydrogens is 252 g/mol. The average molecular weight is 280 g/mol. The van der Waals surface area contributed by atoms with E-state index in [1.54, 1.807) is 0 Å². The van der Waals surface area contributed by atoms with E-state index >= 15 is 0 Å². The van der Waals surface area contributed by atoms with Crippen molar-refractivity contribution in [1.82, 2.24) is 10.2 Å². The van der Waals surface area contributed by atoms with Crippen LogP contribution < -0.4 is 5.32 Å². The molecule has 1 heterocycles. The van der Waals surface area contributed by atoms with Crippen molar-refractivity contribution in [3.63, 3.8) is 0 Å². The van der Waals surface area contributed by atoms with Gasteiger partial charge in [-0.25, -0.2) is 4.79 Å². The zero-order valence-electron chi connectivity index (χ0n) is 12.4. The maximum absolute atomic E-state index is 12.4. The Balaban J connectivity index is 1.52. The van der Waals surface area contributed by atoms with Crippen molar-refractivity contribution < 1.29 is 9.90 Å². The van der Waals surface area contributed by atoms with E-state index in [4.69, 9.17) is 5.11 Å². The number of hydrogen-bond acceptors (Lipinski definition) is 2. The lowest BCUT2D eigenvalue weighted by molar-refractivity contribution is 0.193. The highest BCUT2D eigenvalue weighted by Gasteiger charge is 2.37. The third-order valence-electron chi connectivity index (χ3n) is 5.73. The van der Waals surface area contributed by atoms with Gasteiger partial charge in [-0.2, -0.15) is 0 Å². The van der Waals surface area contributed by atoms with E-state index in [1.165, 1.54) is 32.1 Å². The SMILES string of the molecule is O=C(NC1CCCC1CCO)N1CC2CCCCC2C1. The minimum atomic E-state index is 0.147. The maximum Gasteiger partial charge on any atom is 0.317 e. The van der Waals surface area contributed by atoms with E-state index < -0.39 is 0 Å². The molecule has 20 heavy (non-hydrogen) atoms. The number of likely N-dealkylation sites (tertiary alicyclic amines) is 1. The third kappa shape index (κ3) is 2.95. The summed E-state index contributed by atoms with van der Waals surface area (Å²) in [4.78, 5) is 14.5. The molecular formula is C16H28N2O2. The Kier molecular flexibility index (Phi) is 4.49. The summed E-state index contributed by atoms with van der Waals surface area (Å²) in [7, 11) is 0. The lowest BCUT2D eigenvalue weighted by Gasteiger charge is -2.24. The van der Waals surface area contributed by atoms with Gasteiger partial charge in [-0.3, -0.25) is 0 Å². The van der Waals surface area contributed by atoms with Crippen LogP contribution in [0.25, 0.3) is 0 Å². The van der Waals surface area contributed by atoms with Gasteiger partial charge in [0.05, 0.1) is 0 Å². The van der Waals surface area contributed by atoms with E-state index in [0.29, 0.717) is 5.92 Å². The van der Waals surface area contributed by atoms with Crippen LogP contribution in [0.4, 0.5) is 4.79 Å². The highest BCUT2D eigenvalue weighted by Crippen LogP contribution is 2.36. The lowest BCUT2D eigenvalue weighted by Crippen LogP contribution is -2.45. The van der Waals surface area contributed by atoms with Crippen LogP contribution in [-0.4, -0.2) is 41.8 Å². The summed E-state index contributed by atoms with van der Waals surface area (Å²) in [5.41, 5.74) is 0. The number of urea groups is 1. The van der Waals surface area contributed by atoms with Crippen molar-refractivity contribution in [2.75, 3.05) is 19.7 Å². The molecule has 4 nitrogen and oxygen atoms in total. The number of carbonyl (C=O) groups excluding carboxylic acids is 1.